The number of hydrogen-bond acceptors (Lipinski definition) is 2. The van der Waals surface area contributed by atoms with E-state index in [0.717, 1.165) is 23.6 Å². The largest absolute Gasteiger partial charge is 0.434 e. The molecule has 0 spiro atoms. The first-order valence-electron chi connectivity index (χ1n) is 4.36. The van der Waals surface area contributed by atoms with Crippen molar-refractivity contribution in [3.63, 3.8) is 0 Å². The first kappa shape index (κ1) is 8.17. The van der Waals surface area contributed by atoms with Crippen molar-refractivity contribution in [1.82, 2.24) is 0 Å². The van der Waals surface area contributed by atoms with E-state index in [1.807, 2.05) is 12.1 Å². The van der Waals surface area contributed by atoms with Gasteiger partial charge in [-0.25, -0.2) is 0 Å². The first-order valence-corrected chi connectivity index (χ1v) is 5.16. The monoisotopic (exact) mass is 229 g/mol. The summed E-state index contributed by atoms with van der Waals surface area (Å²) in [6, 6.07) is 3.97. The molecule has 1 saturated heterocycles. The molecule has 0 N–H and O–H groups in total. The molecule has 0 aromatic carbocycles. The standard InChI is InChI=1S/C9H12BrNO/c10-8-4-5-9(12-8)11-6-2-1-3-7-11/h4-5H,1-3,6-7H2. The molecule has 2 nitrogen and oxygen atoms in total. The van der Waals surface area contributed by atoms with Crippen molar-refractivity contribution in [3.8, 4) is 0 Å². The van der Waals surface area contributed by atoms with E-state index >= 15 is 0 Å². The number of rotatable bonds is 1. The van der Waals surface area contributed by atoms with Crippen LogP contribution in [0, 0.1) is 0 Å². The fourth-order valence-corrected chi connectivity index (χ4v) is 1.89. The number of anilines is 1. The van der Waals surface area contributed by atoms with Crippen LogP contribution >= 0.6 is 15.9 Å². The zero-order chi connectivity index (χ0) is 8.39. The second-order valence-corrected chi connectivity index (χ2v) is 3.91. The Morgan fingerprint density at radius 1 is 1.17 bits per heavy atom. The summed E-state index contributed by atoms with van der Waals surface area (Å²) in [7, 11) is 0. The third-order valence-corrected chi connectivity index (χ3v) is 2.65. The van der Waals surface area contributed by atoms with E-state index in [0.29, 0.717) is 0 Å². The van der Waals surface area contributed by atoms with Gasteiger partial charge in [-0.15, -0.1) is 0 Å². The van der Waals surface area contributed by atoms with E-state index in [9.17, 15) is 0 Å². The SMILES string of the molecule is Brc1ccc(N2CCCCC2)o1. The van der Waals surface area contributed by atoms with Gasteiger partial charge in [-0.3, -0.25) is 0 Å². The lowest BCUT2D eigenvalue weighted by Gasteiger charge is -2.25. The molecule has 0 radical (unpaired) electrons. The van der Waals surface area contributed by atoms with Gasteiger partial charge in [-0.05, 0) is 41.3 Å². The molecule has 1 aromatic rings. The van der Waals surface area contributed by atoms with Crippen LogP contribution in [0.15, 0.2) is 21.2 Å². The minimum absolute atomic E-state index is 0.822. The van der Waals surface area contributed by atoms with Gasteiger partial charge >= 0.3 is 0 Å². The van der Waals surface area contributed by atoms with E-state index in [-0.39, 0.29) is 0 Å². The molecular formula is C9H12BrNO. The lowest BCUT2D eigenvalue weighted by molar-refractivity contribution is 0.488. The zero-order valence-corrected chi connectivity index (χ0v) is 8.51. The van der Waals surface area contributed by atoms with Gasteiger partial charge in [0.2, 0.25) is 0 Å². The van der Waals surface area contributed by atoms with Crippen LogP contribution in [0.2, 0.25) is 0 Å². The summed E-state index contributed by atoms with van der Waals surface area (Å²) in [5, 5.41) is 0. The number of furan rings is 1. The van der Waals surface area contributed by atoms with Gasteiger partial charge in [0.25, 0.3) is 0 Å². The maximum Gasteiger partial charge on any atom is 0.196 e. The molecule has 1 aliphatic heterocycles. The molecule has 1 fully saturated rings. The van der Waals surface area contributed by atoms with Crippen LogP contribution in [0.3, 0.4) is 0 Å². The minimum Gasteiger partial charge on any atom is -0.434 e. The molecule has 0 saturated carbocycles. The molecule has 0 amide bonds. The number of nitrogens with zero attached hydrogens (tertiary/aromatic N) is 1. The van der Waals surface area contributed by atoms with Gasteiger partial charge in [0.15, 0.2) is 10.6 Å². The zero-order valence-electron chi connectivity index (χ0n) is 6.92. The highest BCUT2D eigenvalue weighted by Gasteiger charge is 2.13. The number of hydrogen-bond donors (Lipinski definition) is 0. The Labute approximate surface area is 80.7 Å². The predicted octanol–water partition coefficient (Wildman–Crippen LogP) is 3.03. The fourth-order valence-electron chi connectivity index (χ4n) is 1.59. The van der Waals surface area contributed by atoms with E-state index in [2.05, 4.69) is 20.8 Å². The molecule has 66 valence electrons. The Bertz CT molecular complexity index is 253. The molecule has 2 rings (SSSR count). The Hall–Kier alpha value is -0.440. The van der Waals surface area contributed by atoms with Crippen molar-refractivity contribution in [3.05, 3.63) is 16.8 Å². The van der Waals surface area contributed by atoms with E-state index < -0.39 is 0 Å². The van der Waals surface area contributed by atoms with Crippen LogP contribution in [-0.2, 0) is 0 Å². The molecule has 12 heavy (non-hydrogen) atoms. The van der Waals surface area contributed by atoms with Crippen molar-refractivity contribution in [2.24, 2.45) is 0 Å². The van der Waals surface area contributed by atoms with Gasteiger partial charge in [-0.1, -0.05) is 0 Å². The van der Waals surface area contributed by atoms with E-state index in [1.54, 1.807) is 0 Å². The third kappa shape index (κ3) is 1.66. The van der Waals surface area contributed by atoms with Crippen LogP contribution in [0.25, 0.3) is 0 Å². The van der Waals surface area contributed by atoms with Gasteiger partial charge in [0.1, 0.15) is 0 Å². The molecule has 0 bridgehead atoms. The van der Waals surface area contributed by atoms with Crippen LogP contribution in [0.1, 0.15) is 19.3 Å². The average molecular weight is 230 g/mol. The van der Waals surface area contributed by atoms with Gasteiger partial charge in [-0.2, -0.15) is 0 Å². The molecule has 0 aliphatic carbocycles. The number of halogens is 1. The smallest absolute Gasteiger partial charge is 0.196 e. The van der Waals surface area contributed by atoms with Crippen molar-refractivity contribution in [2.75, 3.05) is 18.0 Å². The summed E-state index contributed by atoms with van der Waals surface area (Å²) in [4.78, 5) is 2.30. The second-order valence-electron chi connectivity index (χ2n) is 3.13. The average Bonchev–Trinajstić information content (AvgIpc) is 2.54. The summed E-state index contributed by atoms with van der Waals surface area (Å²) in [6.07, 6.45) is 3.94. The van der Waals surface area contributed by atoms with Crippen molar-refractivity contribution in [2.45, 2.75) is 19.3 Å². The highest BCUT2D eigenvalue weighted by molar-refractivity contribution is 9.10. The number of piperidine rings is 1. The van der Waals surface area contributed by atoms with Crippen LogP contribution in [0.5, 0.6) is 0 Å². The van der Waals surface area contributed by atoms with Gasteiger partial charge in [0, 0.05) is 19.2 Å². The first-order chi connectivity index (χ1) is 5.86. The Kier molecular flexibility index (Phi) is 2.40. The van der Waals surface area contributed by atoms with Crippen molar-refractivity contribution >= 4 is 21.8 Å². The molecule has 0 unspecified atom stereocenters. The summed E-state index contributed by atoms with van der Waals surface area (Å²) >= 11 is 3.31. The Morgan fingerprint density at radius 2 is 1.92 bits per heavy atom. The highest BCUT2D eigenvalue weighted by atomic mass is 79.9. The predicted molar refractivity (Wildman–Crippen MR) is 52.5 cm³/mol. The van der Waals surface area contributed by atoms with Crippen LogP contribution in [-0.4, -0.2) is 13.1 Å². The lowest BCUT2D eigenvalue weighted by atomic mass is 10.1. The van der Waals surface area contributed by atoms with Crippen molar-refractivity contribution in [1.29, 1.82) is 0 Å². The van der Waals surface area contributed by atoms with Crippen LogP contribution < -0.4 is 4.90 Å². The minimum atomic E-state index is 0.822. The summed E-state index contributed by atoms with van der Waals surface area (Å²) in [6.45, 7) is 2.28. The van der Waals surface area contributed by atoms with Gasteiger partial charge in [0.05, 0.1) is 0 Å². The fraction of sp³-hybridized carbons (Fsp3) is 0.556. The topological polar surface area (TPSA) is 16.4 Å². The highest BCUT2D eigenvalue weighted by Crippen LogP contribution is 2.24. The van der Waals surface area contributed by atoms with Gasteiger partial charge < -0.3 is 9.32 Å². The summed E-state index contributed by atoms with van der Waals surface area (Å²) in [5.74, 6) is 1.00. The second kappa shape index (κ2) is 3.52. The van der Waals surface area contributed by atoms with E-state index in [1.165, 1.54) is 19.3 Å². The third-order valence-electron chi connectivity index (χ3n) is 2.23. The maximum absolute atomic E-state index is 5.47. The van der Waals surface area contributed by atoms with Crippen LogP contribution in [0.4, 0.5) is 5.88 Å². The Balaban J connectivity index is 2.08. The maximum atomic E-state index is 5.47. The summed E-state index contributed by atoms with van der Waals surface area (Å²) < 4.78 is 6.29. The van der Waals surface area contributed by atoms with Crippen molar-refractivity contribution < 1.29 is 4.42 Å². The molecular weight excluding hydrogens is 218 g/mol. The lowest BCUT2D eigenvalue weighted by Crippen LogP contribution is -2.28. The molecule has 2 heterocycles. The normalized spacial score (nSPS) is 18.2. The molecule has 1 aromatic heterocycles. The summed E-state index contributed by atoms with van der Waals surface area (Å²) in [5.41, 5.74) is 0. The Morgan fingerprint density at radius 3 is 2.50 bits per heavy atom. The molecule has 0 atom stereocenters. The molecule has 3 heteroatoms. The van der Waals surface area contributed by atoms with E-state index in [4.69, 9.17) is 4.42 Å². The molecule has 1 aliphatic rings. The quantitative estimate of drug-likeness (QED) is 0.737.